The van der Waals surface area contributed by atoms with Crippen molar-refractivity contribution in [3.8, 4) is 0 Å². The molecule has 1 heterocycles. The Bertz CT molecular complexity index is 675. The van der Waals surface area contributed by atoms with Crippen LogP contribution >= 0.6 is 0 Å². The maximum Gasteiger partial charge on any atom is 0.255 e. The van der Waals surface area contributed by atoms with Crippen molar-refractivity contribution in [3.63, 3.8) is 0 Å². The van der Waals surface area contributed by atoms with E-state index in [0.717, 1.165) is 5.56 Å². The number of rotatable bonds is 4. The molecular formula is C17H20N2O2. The number of carbonyl (C=O) groups excluding carboxylic acids is 1. The molecule has 0 unspecified atom stereocenters. The second-order valence-electron chi connectivity index (χ2n) is 5.38. The molecular weight excluding hydrogens is 264 g/mol. The predicted molar refractivity (Wildman–Crippen MR) is 83.1 cm³/mol. The van der Waals surface area contributed by atoms with E-state index in [1.807, 2.05) is 44.2 Å². The van der Waals surface area contributed by atoms with Crippen LogP contribution in [0.4, 0.5) is 0 Å². The maximum absolute atomic E-state index is 12.7. The fourth-order valence-electron chi connectivity index (χ4n) is 2.16. The van der Waals surface area contributed by atoms with Crippen LogP contribution in [-0.4, -0.2) is 21.4 Å². The summed E-state index contributed by atoms with van der Waals surface area (Å²) >= 11 is 0. The zero-order chi connectivity index (χ0) is 15.4. The Morgan fingerprint density at radius 1 is 1.14 bits per heavy atom. The monoisotopic (exact) mass is 284 g/mol. The first-order chi connectivity index (χ1) is 9.99. The first kappa shape index (κ1) is 15.0. The van der Waals surface area contributed by atoms with Crippen LogP contribution in [0, 0.1) is 0 Å². The lowest BCUT2D eigenvalue weighted by molar-refractivity contribution is 0.0689. The highest BCUT2D eigenvalue weighted by Gasteiger charge is 2.19. The zero-order valence-corrected chi connectivity index (χ0v) is 12.6. The summed E-state index contributed by atoms with van der Waals surface area (Å²) in [4.78, 5) is 25.9. The summed E-state index contributed by atoms with van der Waals surface area (Å²) in [7, 11) is 1.65. The largest absolute Gasteiger partial charge is 0.332 e. The van der Waals surface area contributed by atoms with Gasteiger partial charge in [0.25, 0.3) is 5.91 Å². The van der Waals surface area contributed by atoms with E-state index in [1.54, 1.807) is 24.2 Å². The van der Waals surface area contributed by atoms with Crippen LogP contribution in [0.1, 0.15) is 29.8 Å². The maximum atomic E-state index is 12.7. The topological polar surface area (TPSA) is 42.3 Å². The number of aromatic nitrogens is 1. The summed E-state index contributed by atoms with van der Waals surface area (Å²) in [6.07, 6.45) is 1.59. The highest BCUT2D eigenvalue weighted by atomic mass is 16.2. The van der Waals surface area contributed by atoms with Crippen LogP contribution in [0.25, 0.3) is 0 Å². The van der Waals surface area contributed by atoms with Crippen LogP contribution in [0.2, 0.25) is 0 Å². The van der Waals surface area contributed by atoms with Crippen molar-refractivity contribution in [2.45, 2.75) is 26.4 Å². The summed E-state index contributed by atoms with van der Waals surface area (Å²) in [5.74, 6) is -0.0653. The Hall–Kier alpha value is -2.36. The minimum absolute atomic E-state index is 0.0653. The Labute approximate surface area is 124 Å². The molecule has 2 rings (SSSR count). The molecule has 0 spiro atoms. The van der Waals surface area contributed by atoms with Crippen molar-refractivity contribution >= 4 is 5.91 Å². The van der Waals surface area contributed by atoms with Gasteiger partial charge in [-0.1, -0.05) is 30.3 Å². The fourth-order valence-corrected chi connectivity index (χ4v) is 2.16. The number of aryl methyl sites for hydroxylation is 1. The van der Waals surface area contributed by atoms with Crippen molar-refractivity contribution < 1.29 is 4.79 Å². The number of amides is 1. The lowest BCUT2D eigenvalue weighted by Crippen LogP contribution is -2.37. The third-order valence-corrected chi connectivity index (χ3v) is 3.41. The van der Waals surface area contributed by atoms with Crippen LogP contribution in [-0.2, 0) is 13.6 Å². The van der Waals surface area contributed by atoms with Crippen LogP contribution in [0.5, 0.6) is 0 Å². The van der Waals surface area contributed by atoms with Gasteiger partial charge in [-0.2, -0.15) is 0 Å². The highest BCUT2D eigenvalue weighted by Crippen LogP contribution is 2.12. The van der Waals surface area contributed by atoms with Crippen molar-refractivity contribution in [1.82, 2.24) is 9.47 Å². The summed E-state index contributed by atoms with van der Waals surface area (Å²) in [6.45, 7) is 4.53. The molecule has 1 aromatic carbocycles. The van der Waals surface area contributed by atoms with Gasteiger partial charge in [0.15, 0.2) is 0 Å². The van der Waals surface area contributed by atoms with Gasteiger partial charge in [-0.3, -0.25) is 9.59 Å². The smallest absolute Gasteiger partial charge is 0.255 e. The Kier molecular flexibility index (Phi) is 4.58. The van der Waals surface area contributed by atoms with Gasteiger partial charge in [-0.25, -0.2) is 0 Å². The van der Waals surface area contributed by atoms with E-state index in [2.05, 4.69) is 0 Å². The van der Waals surface area contributed by atoms with Gasteiger partial charge in [0.1, 0.15) is 0 Å². The minimum Gasteiger partial charge on any atom is -0.332 e. The molecule has 0 fully saturated rings. The van der Waals surface area contributed by atoms with Crippen molar-refractivity contribution in [2.24, 2.45) is 7.05 Å². The van der Waals surface area contributed by atoms with E-state index in [0.29, 0.717) is 12.1 Å². The summed E-state index contributed by atoms with van der Waals surface area (Å²) in [5, 5.41) is 0. The molecule has 2 aromatic rings. The van der Waals surface area contributed by atoms with Gasteiger partial charge < -0.3 is 9.47 Å². The second-order valence-corrected chi connectivity index (χ2v) is 5.38. The average Bonchev–Trinajstić information content (AvgIpc) is 2.47. The standard InChI is InChI=1S/C17H20N2O2/c1-13(2)19(11-14-7-5-4-6-8-14)17(21)15-9-10-16(20)18(3)12-15/h4-10,12-13H,11H2,1-3H3. The fraction of sp³-hybridized carbons (Fsp3) is 0.294. The number of benzene rings is 1. The Morgan fingerprint density at radius 3 is 2.38 bits per heavy atom. The van der Waals surface area contributed by atoms with E-state index < -0.39 is 0 Å². The molecule has 0 saturated heterocycles. The molecule has 0 radical (unpaired) electrons. The van der Waals surface area contributed by atoms with Gasteiger partial charge in [0.05, 0.1) is 5.56 Å². The molecule has 1 amide bonds. The molecule has 0 bridgehead atoms. The summed E-state index contributed by atoms with van der Waals surface area (Å²) in [6, 6.07) is 13.0. The average molecular weight is 284 g/mol. The lowest BCUT2D eigenvalue weighted by atomic mass is 10.1. The first-order valence-corrected chi connectivity index (χ1v) is 7.00. The Morgan fingerprint density at radius 2 is 1.81 bits per heavy atom. The van der Waals surface area contributed by atoms with Gasteiger partial charge in [-0.15, -0.1) is 0 Å². The number of pyridine rings is 1. The molecule has 4 heteroatoms. The van der Waals surface area contributed by atoms with Gasteiger partial charge in [0, 0.05) is 31.9 Å². The normalized spacial score (nSPS) is 10.7. The van der Waals surface area contributed by atoms with Crippen LogP contribution in [0.3, 0.4) is 0 Å². The summed E-state index contributed by atoms with van der Waals surface area (Å²) in [5.41, 5.74) is 1.50. The summed E-state index contributed by atoms with van der Waals surface area (Å²) < 4.78 is 1.42. The van der Waals surface area contributed by atoms with Crippen LogP contribution in [0.15, 0.2) is 53.5 Å². The SMILES string of the molecule is CC(C)N(Cc1ccccc1)C(=O)c1ccc(=O)n(C)c1. The zero-order valence-electron chi connectivity index (χ0n) is 12.6. The molecule has 0 N–H and O–H groups in total. The first-order valence-electron chi connectivity index (χ1n) is 7.00. The molecule has 0 aliphatic rings. The van der Waals surface area contributed by atoms with E-state index in [-0.39, 0.29) is 17.5 Å². The lowest BCUT2D eigenvalue weighted by Gasteiger charge is -2.27. The molecule has 1 aromatic heterocycles. The molecule has 110 valence electrons. The van der Waals surface area contributed by atoms with E-state index in [9.17, 15) is 9.59 Å². The van der Waals surface area contributed by atoms with E-state index in [1.165, 1.54) is 10.6 Å². The van der Waals surface area contributed by atoms with Gasteiger partial charge in [-0.05, 0) is 25.5 Å². The quantitative estimate of drug-likeness (QED) is 0.865. The second kappa shape index (κ2) is 6.39. The number of carbonyl (C=O) groups is 1. The number of nitrogens with zero attached hydrogens (tertiary/aromatic N) is 2. The van der Waals surface area contributed by atoms with Crippen molar-refractivity contribution in [3.05, 3.63) is 70.1 Å². The molecule has 0 atom stereocenters. The molecule has 0 aliphatic carbocycles. The number of hydrogen-bond acceptors (Lipinski definition) is 2. The van der Waals surface area contributed by atoms with E-state index in [4.69, 9.17) is 0 Å². The third-order valence-electron chi connectivity index (χ3n) is 3.41. The molecule has 21 heavy (non-hydrogen) atoms. The predicted octanol–water partition coefficient (Wildman–Crippen LogP) is 2.44. The van der Waals surface area contributed by atoms with Gasteiger partial charge in [0.2, 0.25) is 5.56 Å². The highest BCUT2D eigenvalue weighted by molar-refractivity contribution is 5.94. The third kappa shape index (κ3) is 3.60. The molecule has 0 aliphatic heterocycles. The van der Waals surface area contributed by atoms with Crippen molar-refractivity contribution in [2.75, 3.05) is 0 Å². The molecule has 0 saturated carbocycles. The molecule has 4 nitrogen and oxygen atoms in total. The van der Waals surface area contributed by atoms with E-state index >= 15 is 0 Å². The van der Waals surface area contributed by atoms with Gasteiger partial charge >= 0.3 is 0 Å². The van der Waals surface area contributed by atoms with Crippen LogP contribution < -0.4 is 5.56 Å². The van der Waals surface area contributed by atoms with Crippen molar-refractivity contribution in [1.29, 1.82) is 0 Å². The minimum atomic E-state index is -0.120. The number of hydrogen-bond donors (Lipinski definition) is 0. The Balaban J connectivity index is 2.27.